The van der Waals surface area contributed by atoms with E-state index in [1.807, 2.05) is 30.0 Å². The van der Waals surface area contributed by atoms with Crippen molar-refractivity contribution in [2.24, 2.45) is 5.92 Å². The number of hydrogen-bond acceptors (Lipinski definition) is 3. The predicted molar refractivity (Wildman–Crippen MR) is 89.5 cm³/mol. The third kappa shape index (κ3) is 3.19. The maximum Gasteiger partial charge on any atom is 0.420 e. The number of benzene rings is 1. The first kappa shape index (κ1) is 15.8. The largest absolute Gasteiger partial charge is 0.420 e. The number of piperidine rings is 1. The summed E-state index contributed by atoms with van der Waals surface area (Å²) >= 11 is 0. The fraction of sp³-hybridized carbons (Fsp3) is 0.556. The molecule has 0 aliphatic carbocycles. The molecule has 1 aliphatic rings. The molecule has 0 spiro atoms. The Morgan fingerprint density at radius 2 is 2.00 bits per heavy atom. The van der Waals surface area contributed by atoms with Gasteiger partial charge in [0.25, 0.3) is 0 Å². The average molecular weight is 316 g/mol. The van der Waals surface area contributed by atoms with Gasteiger partial charge in [-0.25, -0.2) is 4.79 Å². The number of oxazole rings is 1. The van der Waals surface area contributed by atoms with E-state index in [4.69, 9.17) is 4.42 Å². The third-order valence-corrected chi connectivity index (χ3v) is 4.53. The number of carbonyl (C=O) groups excluding carboxylic acids is 1. The van der Waals surface area contributed by atoms with Crippen LogP contribution in [0.3, 0.4) is 0 Å². The van der Waals surface area contributed by atoms with Crippen molar-refractivity contribution in [3.63, 3.8) is 0 Å². The first-order valence-corrected chi connectivity index (χ1v) is 8.35. The Morgan fingerprint density at radius 3 is 2.65 bits per heavy atom. The second kappa shape index (κ2) is 6.22. The molecule has 1 amide bonds. The van der Waals surface area contributed by atoms with Gasteiger partial charge in [0.15, 0.2) is 5.58 Å². The van der Waals surface area contributed by atoms with Gasteiger partial charge in [-0.05, 0) is 43.4 Å². The first-order chi connectivity index (χ1) is 11.0. The summed E-state index contributed by atoms with van der Waals surface area (Å²) in [6.07, 6.45) is 2.19. The molecule has 1 fully saturated rings. The highest BCUT2D eigenvalue weighted by molar-refractivity contribution is 5.76. The third-order valence-electron chi connectivity index (χ3n) is 4.53. The van der Waals surface area contributed by atoms with Crippen LogP contribution in [0, 0.1) is 12.8 Å². The molecule has 1 aromatic carbocycles. The van der Waals surface area contributed by atoms with Gasteiger partial charge in [-0.2, -0.15) is 0 Å². The van der Waals surface area contributed by atoms with E-state index >= 15 is 0 Å². The van der Waals surface area contributed by atoms with Crippen molar-refractivity contribution >= 4 is 17.0 Å². The van der Waals surface area contributed by atoms with Crippen LogP contribution in [0.25, 0.3) is 11.1 Å². The summed E-state index contributed by atoms with van der Waals surface area (Å²) in [5.41, 5.74) is 2.61. The molecule has 124 valence electrons. The minimum atomic E-state index is -0.294. The van der Waals surface area contributed by atoms with Crippen LogP contribution in [0.4, 0.5) is 0 Å². The molecule has 0 atom stereocenters. The van der Waals surface area contributed by atoms with Gasteiger partial charge in [-0.3, -0.25) is 9.36 Å². The van der Waals surface area contributed by atoms with Gasteiger partial charge in [0.05, 0.1) is 5.52 Å². The number of fused-ring (bicyclic) bond motifs is 1. The van der Waals surface area contributed by atoms with E-state index in [9.17, 15) is 9.59 Å². The van der Waals surface area contributed by atoms with E-state index in [0.717, 1.165) is 23.9 Å². The Hall–Kier alpha value is -2.04. The Labute approximate surface area is 135 Å². The van der Waals surface area contributed by atoms with Gasteiger partial charge in [-0.1, -0.05) is 19.9 Å². The van der Waals surface area contributed by atoms with Crippen molar-refractivity contribution in [3.8, 4) is 0 Å². The fourth-order valence-electron chi connectivity index (χ4n) is 3.34. The van der Waals surface area contributed by atoms with E-state index in [1.54, 1.807) is 4.57 Å². The molecule has 0 N–H and O–H groups in total. The molecule has 0 bridgehead atoms. The van der Waals surface area contributed by atoms with Gasteiger partial charge < -0.3 is 9.32 Å². The van der Waals surface area contributed by atoms with Gasteiger partial charge in [-0.15, -0.1) is 0 Å². The zero-order chi connectivity index (χ0) is 16.6. The summed E-state index contributed by atoms with van der Waals surface area (Å²) in [6.45, 7) is 7.55. The highest BCUT2D eigenvalue weighted by Crippen LogP contribution is 2.26. The van der Waals surface area contributed by atoms with Gasteiger partial charge in [0.2, 0.25) is 5.91 Å². The zero-order valence-electron chi connectivity index (χ0n) is 14.0. The van der Waals surface area contributed by atoms with Gasteiger partial charge in [0.1, 0.15) is 0 Å². The highest BCUT2D eigenvalue weighted by atomic mass is 16.4. The number of likely N-dealkylation sites (tertiary alicyclic amines) is 1. The standard InChI is InChI=1S/C18H24N2O3/c1-12(2)10-17(21)19-8-6-14(7-9-19)20-15-11-13(3)4-5-16(15)23-18(20)22/h4-5,11-12,14H,6-10H2,1-3H3. The van der Waals surface area contributed by atoms with Crippen LogP contribution in [-0.2, 0) is 4.79 Å². The van der Waals surface area contributed by atoms with Crippen molar-refractivity contribution in [1.82, 2.24) is 9.47 Å². The maximum atomic E-state index is 12.2. The summed E-state index contributed by atoms with van der Waals surface area (Å²) in [5.74, 6) is 0.305. The van der Waals surface area contributed by atoms with E-state index in [2.05, 4.69) is 13.8 Å². The molecule has 1 aromatic heterocycles. The number of amides is 1. The molecule has 5 nitrogen and oxygen atoms in total. The molecule has 0 radical (unpaired) electrons. The van der Waals surface area contributed by atoms with Crippen LogP contribution < -0.4 is 5.76 Å². The van der Waals surface area contributed by atoms with Crippen LogP contribution in [0.2, 0.25) is 0 Å². The summed E-state index contributed by atoms with van der Waals surface area (Å²) in [7, 11) is 0. The maximum absolute atomic E-state index is 12.2. The summed E-state index contributed by atoms with van der Waals surface area (Å²) < 4.78 is 7.13. The zero-order valence-corrected chi connectivity index (χ0v) is 14.0. The van der Waals surface area contributed by atoms with E-state index in [-0.39, 0.29) is 17.7 Å². The molecule has 23 heavy (non-hydrogen) atoms. The van der Waals surface area contributed by atoms with Crippen LogP contribution in [-0.4, -0.2) is 28.5 Å². The van der Waals surface area contributed by atoms with E-state index in [1.165, 1.54) is 0 Å². The van der Waals surface area contributed by atoms with Crippen LogP contribution >= 0.6 is 0 Å². The molecule has 1 aliphatic heterocycles. The number of aryl methyl sites for hydroxylation is 1. The Bertz CT molecular complexity index is 764. The SMILES string of the molecule is Cc1ccc2oc(=O)n(C3CCN(C(=O)CC(C)C)CC3)c2c1. The van der Waals surface area contributed by atoms with Crippen molar-refractivity contribution in [2.75, 3.05) is 13.1 Å². The van der Waals surface area contributed by atoms with E-state index < -0.39 is 0 Å². The number of nitrogens with zero attached hydrogens (tertiary/aromatic N) is 2. The molecular weight excluding hydrogens is 292 g/mol. The number of aromatic nitrogens is 1. The fourth-order valence-corrected chi connectivity index (χ4v) is 3.34. The smallest absolute Gasteiger partial charge is 0.408 e. The summed E-state index contributed by atoms with van der Waals surface area (Å²) in [6, 6.07) is 5.90. The lowest BCUT2D eigenvalue weighted by molar-refractivity contribution is -0.133. The van der Waals surface area contributed by atoms with Crippen LogP contribution in [0.5, 0.6) is 0 Å². The van der Waals surface area contributed by atoms with Crippen molar-refractivity contribution in [2.45, 2.75) is 46.1 Å². The normalized spacial score (nSPS) is 16.4. The highest BCUT2D eigenvalue weighted by Gasteiger charge is 2.26. The average Bonchev–Trinajstić information content (AvgIpc) is 2.82. The molecule has 0 unspecified atom stereocenters. The molecular formula is C18H24N2O3. The second-order valence-corrected chi connectivity index (χ2v) is 6.92. The minimum absolute atomic E-state index is 0.105. The lowest BCUT2D eigenvalue weighted by atomic mass is 10.0. The molecule has 5 heteroatoms. The molecule has 0 saturated carbocycles. The topological polar surface area (TPSA) is 55.5 Å². The molecule has 2 heterocycles. The summed E-state index contributed by atoms with van der Waals surface area (Å²) in [4.78, 5) is 26.3. The lowest BCUT2D eigenvalue weighted by Gasteiger charge is -2.32. The predicted octanol–water partition coefficient (Wildman–Crippen LogP) is 3.11. The van der Waals surface area contributed by atoms with Crippen LogP contribution in [0.15, 0.2) is 27.4 Å². The van der Waals surface area contributed by atoms with Gasteiger partial charge >= 0.3 is 5.76 Å². The van der Waals surface area contributed by atoms with E-state index in [0.29, 0.717) is 31.0 Å². The Balaban J connectivity index is 1.78. The monoisotopic (exact) mass is 316 g/mol. The molecule has 1 saturated heterocycles. The van der Waals surface area contributed by atoms with Crippen molar-refractivity contribution < 1.29 is 9.21 Å². The molecule has 2 aromatic rings. The lowest BCUT2D eigenvalue weighted by Crippen LogP contribution is -2.40. The Kier molecular flexibility index (Phi) is 4.28. The Morgan fingerprint density at radius 1 is 1.30 bits per heavy atom. The number of hydrogen-bond donors (Lipinski definition) is 0. The van der Waals surface area contributed by atoms with Crippen molar-refractivity contribution in [3.05, 3.63) is 34.3 Å². The molecule has 3 rings (SSSR count). The summed E-state index contributed by atoms with van der Waals surface area (Å²) in [5, 5.41) is 0. The second-order valence-electron chi connectivity index (χ2n) is 6.92. The quantitative estimate of drug-likeness (QED) is 0.874. The number of rotatable bonds is 3. The number of carbonyl (C=O) groups is 1. The minimum Gasteiger partial charge on any atom is -0.408 e. The van der Waals surface area contributed by atoms with Crippen LogP contribution in [0.1, 0.15) is 44.7 Å². The van der Waals surface area contributed by atoms with Crippen molar-refractivity contribution in [1.29, 1.82) is 0 Å². The van der Waals surface area contributed by atoms with Gasteiger partial charge in [0, 0.05) is 25.6 Å². The first-order valence-electron chi connectivity index (χ1n) is 8.35.